The van der Waals surface area contributed by atoms with Gasteiger partial charge in [-0.25, -0.2) is 0 Å². The molecule has 1 fully saturated rings. The van der Waals surface area contributed by atoms with Gasteiger partial charge in [0.25, 0.3) is 0 Å². The van der Waals surface area contributed by atoms with Gasteiger partial charge in [0, 0.05) is 12.6 Å². The van der Waals surface area contributed by atoms with Crippen molar-refractivity contribution in [2.45, 2.75) is 64.5 Å². The van der Waals surface area contributed by atoms with Crippen LogP contribution in [0.1, 0.15) is 55.7 Å². The van der Waals surface area contributed by atoms with Crippen LogP contribution < -0.4 is 5.32 Å². The molecule has 0 heterocycles. The van der Waals surface area contributed by atoms with Crippen LogP contribution in [0, 0.1) is 5.92 Å². The molecule has 0 spiro atoms. The Bertz CT molecular complexity index is 404. The van der Waals surface area contributed by atoms with Gasteiger partial charge in [0.15, 0.2) is 0 Å². The van der Waals surface area contributed by atoms with Crippen molar-refractivity contribution in [2.24, 2.45) is 5.92 Å². The molecule has 0 radical (unpaired) electrons. The van der Waals surface area contributed by atoms with Crippen LogP contribution in [0.15, 0.2) is 18.2 Å². The number of benzene rings is 1. The van der Waals surface area contributed by atoms with Crippen LogP contribution in [0.4, 0.5) is 0 Å². The molecule has 0 aromatic heterocycles. The highest BCUT2D eigenvalue weighted by Gasteiger charge is 2.21. The van der Waals surface area contributed by atoms with E-state index in [1.54, 1.807) is 11.1 Å². The molecule has 2 aliphatic rings. The summed E-state index contributed by atoms with van der Waals surface area (Å²) in [7, 11) is 0. The van der Waals surface area contributed by atoms with E-state index in [1.165, 1.54) is 50.5 Å². The predicted octanol–water partition coefficient (Wildman–Crippen LogP) is 3.84. The quantitative estimate of drug-likeness (QED) is 0.847. The minimum absolute atomic E-state index is 0.681. The van der Waals surface area contributed by atoms with Gasteiger partial charge in [0.2, 0.25) is 0 Å². The highest BCUT2D eigenvalue weighted by molar-refractivity contribution is 5.35. The molecule has 1 aromatic carbocycles. The summed E-state index contributed by atoms with van der Waals surface area (Å²) in [6, 6.07) is 7.77. The first-order chi connectivity index (χ1) is 8.83. The van der Waals surface area contributed by atoms with Gasteiger partial charge in [0.05, 0.1) is 0 Å². The Hall–Kier alpha value is -0.820. The summed E-state index contributed by atoms with van der Waals surface area (Å²) in [4.78, 5) is 0. The molecule has 1 aromatic rings. The zero-order chi connectivity index (χ0) is 12.4. The van der Waals surface area contributed by atoms with Gasteiger partial charge in [-0.15, -0.1) is 0 Å². The Morgan fingerprint density at radius 1 is 1.11 bits per heavy atom. The molecule has 3 rings (SSSR count). The Balaban J connectivity index is 1.56. The molecule has 98 valence electrons. The first-order valence-corrected chi connectivity index (χ1v) is 7.67. The first-order valence-electron chi connectivity index (χ1n) is 7.67. The summed E-state index contributed by atoms with van der Waals surface area (Å²) in [5.74, 6) is 0.916. The normalized spacial score (nSPS) is 21.2. The third-order valence-electron chi connectivity index (χ3n) is 4.90. The van der Waals surface area contributed by atoms with Crippen LogP contribution in [0.2, 0.25) is 0 Å². The largest absolute Gasteiger partial charge is 0.310 e. The summed E-state index contributed by atoms with van der Waals surface area (Å²) in [5, 5.41) is 3.73. The Morgan fingerprint density at radius 2 is 1.89 bits per heavy atom. The molecule has 18 heavy (non-hydrogen) atoms. The minimum Gasteiger partial charge on any atom is -0.310 e. The van der Waals surface area contributed by atoms with Crippen molar-refractivity contribution >= 4 is 0 Å². The zero-order valence-electron chi connectivity index (χ0n) is 11.5. The number of rotatable bonds is 4. The lowest BCUT2D eigenvalue weighted by Gasteiger charge is -2.20. The summed E-state index contributed by atoms with van der Waals surface area (Å²) < 4.78 is 0. The van der Waals surface area contributed by atoms with Crippen molar-refractivity contribution in [2.75, 3.05) is 0 Å². The predicted molar refractivity (Wildman–Crippen MR) is 76.7 cm³/mol. The molecular weight excluding hydrogens is 218 g/mol. The lowest BCUT2D eigenvalue weighted by atomic mass is 9.99. The number of nitrogens with one attached hydrogen (secondary N) is 1. The lowest BCUT2D eigenvalue weighted by molar-refractivity contribution is 0.380. The Morgan fingerprint density at radius 3 is 2.72 bits per heavy atom. The van der Waals surface area contributed by atoms with Crippen molar-refractivity contribution in [3.05, 3.63) is 34.9 Å². The van der Waals surface area contributed by atoms with E-state index in [1.807, 2.05) is 0 Å². The maximum Gasteiger partial charge on any atom is 0.0208 e. The monoisotopic (exact) mass is 243 g/mol. The highest BCUT2D eigenvalue weighted by atomic mass is 14.9. The van der Waals surface area contributed by atoms with E-state index >= 15 is 0 Å². The second-order valence-corrected chi connectivity index (χ2v) is 6.17. The van der Waals surface area contributed by atoms with Gasteiger partial charge in [-0.05, 0) is 61.6 Å². The van der Waals surface area contributed by atoms with Gasteiger partial charge in [-0.3, -0.25) is 0 Å². The fourth-order valence-electron chi connectivity index (χ4n) is 3.64. The Labute approximate surface area is 111 Å². The van der Waals surface area contributed by atoms with Crippen LogP contribution in [0.25, 0.3) is 0 Å². The van der Waals surface area contributed by atoms with Crippen LogP contribution in [0.3, 0.4) is 0 Å². The molecule has 0 bridgehead atoms. The van der Waals surface area contributed by atoms with Gasteiger partial charge < -0.3 is 5.32 Å². The third-order valence-corrected chi connectivity index (χ3v) is 4.90. The summed E-state index contributed by atoms with van der Waals surface area (Å²) in [6.07, 6.45) is 9.68. The summed E-state index contributed by atoms with van der Waals surface area (Å²) in [5.41, 5.74) is 4.66. The van der Waals surface area contributed by atoms with E-state index in [4.69, 9.17) is 0 Å². The molecule has 0 saturated heterocycles. The van der Waals surface area contributed by atoms with E-state index in [-0.39, 0.29) is 0 Å². The fourth-order valence-corrected chi connectivity index (χ4v) is 3.64. The maximum atomic E-state index is 3.73. The van der Waals surface area contributed by atoms with Gasteiger partial charge in [-0.2, -0.15) is 0 Å². The average molecular weight is 243 g/mol. The number of hydrogen-bond donors (Lipinski definition) is 1. The van der Waals surface area contributed by atoms with Crippen molar-refractivity contribution in [3.63, 3.8) is 0 Å². The number of aryl methyl sites for hydroxylation is 2. The molecule has 1 atom stereocenters. The molecule has 2 aliphatic carbocycles. The van der Waals surface area contributed by atoms with Crippen LogP contribution in [-0.4, -0.2) is 6.04 Å². The van der Waals surface area contributed by atoms with Gasteiger partial charge >= 0.3 is 0 Å². The molecule has 1 N–H and O–H groups in total. The van der Waals surface area contributed by atoms with E-state index in [2.05, 4.69) is 30.4 Å². The molecular formula is C17H25N. The molecule has 1 heteroatoms. The Kier molecular flexibility index (Phi) is 3.69. The van der Waals surface area contributed by atoms with E-state index < -0.39 is 0 Å². The molecule has 1 saturated carbocycles. The highest BCUT2D eigenvalue weighted by Crippen LogP contribution is 2.28. The second-order valence-electron chi connectivity index (χ2n) is 6.17. The topological polar surface area (TPSA) is 12.0 Å². The molecule has 0 aliphatic heterocycles. The van der Waals surface area contributed by atoms with Crippen molar-refractivity contribution in [3.8, 4) is 0 Å². The zero-order valence-corrected chi connectivity index (χ0v) is 11.5. The van der Waals surface area contributed by atoms with E-state index in [0.717, 1.165) is 12.5 Å². The molecule has 0 amide bonds. The lowest BCUT2D eigenvalue weighted by Crippen LogP contribution is -2.31. The maximum absolute atomic E-state index is 3.73. The van der Waals surface area contributed by atoms with Crippen molar-refractivity contribution < 1.29 is 0 Å². The molecule has 0 unspecified atom stereocenters. The minimum atomic E-state index is 0.681. The second kappa shape index (κ2) is 5.44. The number of hydrogen-bond acceptors (Lipinski definition) is 1. The van der Waals surface area contributed by atoms with Crippen molar-refractivity contribution in [1.82, 2.24) is 5.32 Å². The van der Waals surface area contributed by atoms with Crippen LogP contribution in [-0.2, 0) is 19.4 Å². The third kappa shape index (κ3) is 2.61. The first kappa shape index (κ1) is 12.2. The van der Waals surface area contributed by atoms with E-state index in [9.17, 15) is 0 Å². The summed E-state index contributed by atoms with van der Waals surface area (Å²) >= 11 is 0. The smallest absolute Gasteiger partial charge is 0.0208 e. The average Bonchev–Trinajstić information content (AvgIpc) is 3.05. The number of fused-ring (bicyclic) bond motifs is 1. The molecule has 1 nitrogen and oxygen atoms in total. The van der Waals surface area contributed by atoms with Gasteiger partial charge in [-0.1, -0.05) is 31.0 Å². The van der Waals surface area contributed by atoms with Crippen LogP contribution in [0.5, 0.6) is 0 Å². The fraction of sp³-hybridized carbons (Fsp3) is 0.647. The van der Waals surface area contributed by atoms with Crippen molar-refractivity contribution in [1.29, 1.82) is 0 Å². The van der Waals surface area contributed by atoms with E-state index in [0.29, 0.717) is 6.04 Å². The SMILES string of the molecule is C[C@@H](NCc1ccc2c(c1)CCC2)C1CCCC1. The summed E-state index contributed by atoms with van der Waals surface area (Å²) in [6.45, 7) is 3.41. The standard InChI is InChI=1S/C17H25N/c1-13(15-5-2-3-6-15)18-12-14-9-10-16-7-4-8-17(16)11-14/h9-11,13,15,18H,2-8,12H2,1H3/t13-/m1/s1. The van der Waals surface area contributed by atoms with Gasteiger partial charge in [0.1, 0.15) is 0 Å². The van der Waals surface area contributed by atoms with Crippen LogP contribution >= 0.6 is 0 Å².